The SMILES string of the molecule is N#Cc1ccc(OCC(=O)N/N=C/c2ccccc2C(F)(F)F)cc1. The minimum absolute atomic E-state index is 0.164. The zero-order chi connectivity index (χ0) is 18.3. The number of hydrogen-bond donors (Lipinski definition) is 1. The first-order valence-corrected chi connectivity index (χ1v) is 7.01. The standard InChI is InChI=1S/C17H12F3N3O2/c18-17(19,20)15-4-2-1-3-13(15)10-22-23-16(24)11-25-14-7-5-12(9-21)6-8-14/h1-8,10H,11H2,(H,23,24)/b22-10+. The normalized spacial score (nSPS) is 11.1. The number of carbonyl (C=O) groups is 1. The van der Waals surface area contributed by atoms with E-state index in [2.05, 4.69) is 10.5 Å². The lowest BCUT2D eigenvalue weighted by Gasteiger charge is -2.09. The summed E-state index contributed by atoms with van der Waals surface area (Å²) < 4.78 is 43.6. The van der Waals surface area contributed by atoms with E-state index in [1.54, 1.807) is 0 Å². The van der Waals surface area contributed by atoms with Gasteiger partial charge in [0.2, 0.25) is 0 Å². The van der Waals surface area contributed by atoms with E-state index in [4.69, 9.17) is 10.00 Å². The molecule has 0 saturated carbocycles. The minimum atomic E-state index is -4.51. The van der Waals surface area contributed by atoms with Gasteiger partial charge in [-0.1, -0.05) is 18.2 Å². The molecule has 0 aliphatic heterocycles. The van der Waals surface area contributed by atoms with Gasteiger partial charge in [0.1, 0.15) is 5.75 Å². The predicted molar refractivity (Wildman–Crippen MR) is 83.8 cm³/mol. The van der Waals surface area contributed by atoms with Crippen LogP contribution in [0.3, 0.4) is 0 Å². The van der Waals surface area contributed by atoms with E-state index in [1.807, 2.05) is 6.07 Å². The number of benzene rings is 2. The molecule has 0 saturated heterocycles. The van der Waals surface area contributed by atoms with Gasteiger partial charge in [-0.2, -0.15) is 23.5 Å². The van der Waals surface area contributed by atoms with Crippen LogP contribution in [0.15, 0.2) is 53.6 Å². The molecule has 0 aliphatic rings. The summed E-state index contributed by atoms with van der Waals surface area (Å²) in [5.74, 6) is -0.259. The molecule has 1 N–H and O–H groups in total. The van der Waals surface area contributed by atoms with Crippen LogP contribution in [-0.4, -0.2) is 18.7 Å². The van der Waals surface area contributed by atoms with Gasteiger partial charge in [0.05, 0.1) is 23.4 Å². The van der Waals surface area contributed by atoms with Crippen molar-refractivity contribution in [3.05, 3.63) is 65.2 Å². The molecule has 0 unspecified atom stereocenters. The third-order valence-electron chi connectivity index (χ3n) is 3.01. The van der Waals surface area contributed by atoms with Crippen LogP contribution >= 0.6 is 0 Å². The van der Waals surface area contributed by atoms with Crippen LogP contribution in [0.5, 0.6) is 5.75 Å². The number of rotatable bonds is 5. The average molecular weight is 347 g/mol. The molecule has 0 heterocycles. The Morgan fingerprint density at radius 1 is 1.20 bits per heavy atom. The van der Waals surface area contributed by atoms with Gasteiger partial charge in [0, 0.05) is 5.56 Å². The first-order valence-electron chi connectivity index (χ1n) is 7.01. The molecule has 2 rings (SSSR count). The lowest BCUT2D eigenvalue weighted by molar-refractivity contribution is -0.137. The van der Waals surface area contributed by atoms with Crippen molar-refractivity contribution >= 4 is 12.1 Å². The largest absolute Gasteiger partial charge is 0.484 e. The second-order valence-corrected chi connectivity index (χ2v) is 4.80. The maximum absolute atomic E-state index is 12.8. The van der Waals surface area contributed by atoms with Gasteiger partial charge in [0.15, 0.2) is 6.61 Å². The summed E-state index contributed by atoms with van der Waals surface area (Å²) in [4.78, 5) is 11.6. The minimum Gasteiger partial charge on any atom is -0.484 e. The smallest absolute Gasteiger partial charge is 0.417 e. The molecule has 1 amide bonds. The molecule has 5 nitrogen and oxygen atoms in total. The van der Waals surface area contributed by atoms with Crippen molar-refractivity contribution in [3.63, 3.8) is 0 Å². The van der Waals surface area contributed by atoms with E-state index < -0.39 is 17.6 Å². The molecule has 128 valence electrons. The monoisotopic (exact) mass is 347 g/mol. The van der Waals surface area contributed by atoms with Crippen molar-refractivity contribution in [1.82, 2.24) is 5.43 Å². The molecular weight excluding hydrogens is 335 g/mol. The number of halogens is 3. The molecule has 2 aromatic carbocycles. The highest BCUT2D eigenvalue weighted by atomic mass is 19.4. The van der Waals surface area contributed by atoms with Crippen molar-refractivity contribution in [2.45, 2.75) is 6.18 Å². The number of nitrogens with one attached hydrogen (secondary N) is 1. The fourth-order valence-corrected chi connectivity index (χ4v) is 1.85. The van der Waals surface area contributed by atoms with Crippen molar-refractivity contribution < 1.29 is 22.7 Å². The fourth-order valence-electron chi connectivity index (χ4n) is 1.85. The van der Waals surface area contributed by atoms with Crippen molar-refractivity contribution in [2.75, 3.05) is 6.61 Å². The van der Waals surface area contributed by atoms with Crippen LogP contribution in [0.25, 0.3) is 0 Å². The number of carbonyl (C=O) groups excluding carboxylic acids is 1. The van der Waals surface area contributed by atoms with Gasteiger partial charge >= 0.3 is 6.18 Å². The van der Waals surface area contributed by atoms with Crippen LogP contribution in [-0.2, 0) is 11.0 Å². The summed E-state index contributed by atoms with van der Waals surface area (Å²) in [6.45, 7) is -0.371. The van der Waals surface area contributed by atoms with E-state index in [9.17, 15) is 18.0 Å². The van der Waals surface area contributed by atoms with Gasteiger partial charge in [-0.25, -0.2) is 5.43 Å². The topological polar surface area (TPSA) is 74.5 Å². The van der Waals surface area contributed by atoms with Gasteiger partial charge < -0.3 is 4.74 Å². The van der Waals surface area contributed by atoms with Gasteiger partial charge in [-0.3, -0.25) is 4.79 Å². The van der Waals surface area contributed by atoms with Crippen LogP contribution < -0.4 is 10.2 Å². The van der Waals surface area contributed by atoms with Gasteiger partial charge in [-0.05, 0) is 30.3 Å². The maximum Gasteiger partial charge on any atom is 0.417 e. The van der Waals surface area contributed by atoms with Crippen LogP contribution in [0.4, 0.5) is 13.2 Å². The number of nitrogens with zero attached hydrogens (tertiary/aromatic N) is 2. The molecule has 0 radical (unpaired) electrons. The van der Waals surface area contributed by atoms with Crippen LogP contribution in [0, 0.1) is 11.3 Å². The highest BCUT2D eigenvalue weighted by Gasteiger charge is 2.32. The zero-order valence-corrected chi connectivity index (χ0v) is 12.7. The Morgan fingerprint density at radius 3 is 2.52 bits per heavy atom. The molecular formula is C17H12F3N3O2. The Balaban J connectivity index is 1.90. The lowest BCUT2D eigenvalue weighted by atomic mass is 10.1. The van der Waals surface area contributed by atoms with Crippen molar-refractivity contribution in [3.8, 4) is 11.8 Å². The molecule has 25 heavy (non-hydrogen) atoms. The van der Waals surface area contributed by atoms with E-state index in [1.165, 1.54) is 42.5 Å². The van der Waals surface area contributed by atoms with Crippen molar-refractivity contribution in [2.24, 2.45) is 5.10 Å². The summed E-state index contributed by atoms with van der Waals surface area (Å²) in [6.07, 6.45) is -3.59. The van der Waals surface area contributed by atoms with E-state index in [-0.39, 0.29) is 12.2 Å². The third-order valence-corrected chi connectivity index (χ3v) is 3.01. The fraction of sp³-hybridized carbons (Fsp3) is 0.118. The lowest BCUT2D eigenvalue weighted by Crippen LogP contribution is -2.24. The number of hydrazone groups is 1. The third kappa shape index (κ3) is 5.35. The summed E-state index contributed by atoms with van der Waals surface area (Å²) in [5.41, 5.74) is 1.53. The molecule has 2 aromatic rings. The van der Waals surface area contributed by atoms with E-state index in [0.29, 0.717) is 11.3 Å². The number of nitriles is 1. The maximum atomic E-state index is 12.8. The van der Waals surface area contributed by atoms with E-state index >= 15 is 0 Å². The molecule has 0 fully saturated rings. The number of hydrogen-bond acceptors (Lipinski definition) is 4. The second kappa shape index (κ2) is 7.97. The van der Waals surface area contributed by atoms with Crippen LogP contribution in [0.1, 0.15) is 16.7 Å². The molecule has 0 spiro atoms. The Kier molecular flexibility index (Phi) is 5.74. The summed E-state index contributed by atoms with van der Waals surface area (Å²) in [5, 5.41) is 12.2. The number of amides is 1. The number of alkyl halides is 3. The first-order chi connectivity index (χ1) is 11.9. The summed E-state index contributed by atoms with van der Waals surface area (Å²) in [6, 6.07) is 12.9. The molecule has 0 bridgehead atoms. The van der Waals surface area contributed by atoms with Gasteiger partial charge in [-0.15, -0.1) is 0 Å². The highest BCUT2D eigenvalue weighted by Crippen LogP contribution is 2.30. The Morgan fingerprint density at radius 2 is 1.88 bits per heavy atom. The predicted octanol–water partition coefficient (Wildman–Crippen LogP) is 3.11. The van der Waals surface area contributed by atoms with E-state index in [0.717, 1.165) is 12.3 Å². The quantitative estimate of drug-likeness (QED) is 0.667. The summed E-state index contributed by atoms with van der Waals surface area (Å²) in [7, 11) is 0. The highest BCUT2D eigenvalue weighted by molar-refractivity contribution is 5.84. The average Bonchev–Trinajstić information content (AvgIpc) is 2.60. The van der Waals surface area contributed by atoms with Crippen LogP contribution in [0.2, 0.25) is 0 Å². The molecule has 8 heteroatoms. The molecule has 0 aromatic heterocycles. The Labute approximate surface area is 141 Å². The number of ether oxygens (including phenoxy) is 1. The zero-order valence-electron chi connectivity index (χ0n) is 12.7. The molecule has 0 atom stereocenters. The Hall–Kier alpha value is -3.34. The second-order valence-electron chi connectivity index (χ2n) is 4.80. The Bertz CT molecular complexity index is 809. The summed E-state index contributed by atoms with van der Waals surface area (Å²) >= 11 is 0. The molecule has 0 aliphatic carbocycles. The van der Waals surface area contributed by atoms with Crippen molar-refractivity contribution in [1.29, 1.82) is 5.26 Å². The van der Waals surface area contributed by atoms with Gasteiger partial charge in [0.25, 0.3) is 5.91 Å². The first kappa shape index (κ1) is 18.0.